The van der Waals surface area contributed by atoms with Gasteiger partial charge in [-0.1, -0.05) is 46.3 Å². The molecule has 3 aromatic carbocycles. The lowest BCUT2D eigenvalue weighted by atomic mass is 10.2. The van der Waals surface area contributed by atoms with Gasteiger partial charge in [-0.05, 0) is 42.5 Å². The van der Waals surface area contributed by atoms with Crippen molar-refractivity contribution in [3.63, 3.8) is 0 Å². The zero-order valence-corrected chi connectivity index (χ0v) is 14.1. The maximum absolute atomic E-state index is 6.23. The van der Waals surface area contributed by atoms with E-state index in [-0.39, 0.29) is 0 Å². The largest absolute Gasteiger partial charge is 0.397 e. The summed E-state index contributed by atoms with van der Waals surface area (Å²) < 4.78 is 1.03. The summed E-state index contributed by atoms with van der Waals surface area (Å²) in [6.07, 6.45) is 0. The molecule has 23 heavy (non-hydrogen) atoms. The molecular weight excluding hydrogens is 350 g/mol. The van der Waals surface area contributed by atoms with Crippen LogP contribution in [0.3, 0.4) is 0 Å². The Kier molecular flexibility index (Phi) is 3.46. The van der Waals surface area contributed by atoms with Crippen LogP contribution >= 0.6 is 15.9 Å². The second-order valence-corrected chi connectivity index (χ2v) is 6.44. The van der Waals surface area contributed by atoms with Crippen molar-refractivity contribution in [1.29, 1.82) is 0 Å². The third-order valence-corrected chi connectivity index (χ3v) is 4.59. The Bertz CT molecular complexity index is 848. The lowest BCUT2D eigenvalue weighted by molar-refractivity contribution is 0.992. The molecule has 0 aliphatic carbocycles. The zero-order valence-electron chi connectivity index (χ0n) is 12.5. The van der Waals surface area contributed by atoms with Gasteiger partial charge in [-0.2, -0.15) is 0 Å². The number of rotatable bonds is 2. The first-order valence-corrected chi connectivity index (χ1v) is 8.27. The number of nitrogens with two attached hydrogens (primary N) is 1. The molecule has 0 atom stereocenters. The van der Waals surface area contributed by atoms with Crippen molar-refractivity contribution < 1.29 is 0 Å². The van der Waals surface area contributed by atoms with Gasteiger partial charge in [0, 0.05) is 10.2 Å². The van der Waals surface area contributed by atoms with E-state index in [0.717, 1.165) is 22.5 Å². The van der Waals surface area contributed by atoms with Crippen LogP contribution < -0.4 is 15.5 Å². The number of hydrogen-bond donors (Lipinski definition) is 1. The molecule has 114 valence electrons. The lowest BCUT2D eigenvalue weighted by Crippen LogP contribution is -2.24. The quantitative estimate of drug-likeness (QED) is 0.627. The van der Waals surface area contributed by atoms with Crippen LogP contribution in [0.15, 0.2) is 77.3 Å². The average Bonchev–Trinajstić information content (AvgIpc) is 2.97. The highest BCUT2D eigenvalue weighted by molar-refractivity contribution is 9.10. The van der Waals surface area contributed by atoms with Gasteiger partial charge in [0.25, 0.3) is 0 Å². The minimum absolute atomic E-state index is 0.740. The number of nitrogen functional groups attached to an aromatic ring is 1. The van der Waals surface area contributed by atoms with Gasteiger partial charge in [0.2, 0.25) is 0 Å². The first kappa shape index (κ1) is 14.2. The molecular formula is C19H16BrN3. The van der Waals surface area contributed by atoms with Gasteiger partial charge in [0.05, 0.1) is 22.7 Å². The van der Waals surface area contributed by atoms with Crippen LogP contribution in [0.5, 0.6) is 0 Å². The van der Waals surface area contributed by atoms with Crippen molar-refractivity contribution in [2.24, 2.45) is 0 Å². The van der Waals surface area contributed by atoms with Crippen LogP contribution in [0.2, 0.25) is 0 Å². The average molecular weight is 366 g/mol. The lowest BCUT2D eigenvalue weighted by Gasteiger charge is -2.23. The highest BCUT2D eigenvalue weighted by Gasteiger charge is 2.28. The van der Waals surface area contributed by atoms with Crippen molar-refractivity contribution in [2.45, 2.75) is 0 Å². The first-order chi connectivity index (χ1) is 11.2. The molecule has 3 nitrogen and oxygen atoms in total. The molecule has 0 saturated carbocycles. The van der Waals surface area contributed by atoms with Gasteiger partial charge in [-0.3, -0.25) is 0 Å². The monoisotopic (exact) mass is 365 g/mol. The van der Waals surface area contributed by atoms with Crippen molar-refractivity contribution in [3.05, 3.63) is 77.3 Å². The third-order valence-electron chi connectivity index (χ3n) is 4.10. The van der Waals surface area contributed by atoms with Gasteiger partial charge >= 0.3 is 0 Å². The number of hydrogen-bond acceptors (Lipinski definition) is 3. The predicted molar refractivity (Wildman–Crippen MR) is 101 cm³/mol. The maximum atomic E-state index is 6.23. The molecule has 0 spiro atoms. The summed E-state index contributed by atoms with van der Waals surface area (Å²) in [6.45, 7) is 0.740. The highest BCUT2D eigenvalue weighted by atomic mass is 79.9. The van der Waals surface area contributed by atoms with Crippen LogP contribution in [-0.2, 0) is 0 Å². The van der Waals surface area contributed by atoms with Crippen molar-refractivity contribution in [2.75, 3.05) is 22.2 Å². The molecule has 0 radical (unpaired) electrons. The molecule has 4 heteroatoms. The fourth-order valence-electron chi connectivity index (χ4n) is 3.00. The molecule has 0 unspecified atom stereocenters. The first-order valence-electron chi connectivity index (χ1n) is 7.48. The van der Waals surface area contributed by atoms with E-state index in [0.29, 0.717) is 0 Å². The zero-order chi connectivity index (χ0) is 15.8. The summed E-state index contributed by atoms with van der Waals surface area (Å²) in [6, 6.07) is 24.8. The van der Waals surface area contributed by atoms with E-state index in [9.17, 15) is 0 Å². The molecule has 0 fully saturated rings. The van der Waals surface area contributed by atoms with Crippen molar-refractivity contribution in [1.82, 2.24) is 0 Å². The van der Waals surface area contributed by atoms with Crippen LogP contribution in [0.25, 0.3) is 0 Å². The summed E-state index contributed by atoms with van der Waals surface area (Å²) in [5, 5.41) is 0. The Labute approximate surface area is 144 Å². The fraction of sp³-hybridized carbons (Fsp3) is 0.0526. The molecule has 0 bridgehead atoms. The molecule has 1 aliphatic rings. The van der Waals surface area contributed by atoms with E-state index < -0.39 is 0 Å². The van der Waals surface area contributed by atoms with Crippen molar-refractivity contribution in [3.8, 4) is 0 Å². The number of para-hydroxylation sites is 3. The molecule has 0 aromatic heterocycles. The molecule has 2 N–H and O–H groups in total. The van der Waals surface area contributed by atoms with Crippen LogP contribution in [0, 0.1) is 0 Å². The fourth-order valence-corrected chi connectivity index (χ4v) is 3.35. The predicted octanol–water partition coefficient (Wildman–Crippen LogP) is 5.28. The van der Waals surface area contributed by atoms with E-state index in [1.165, 1.54) is 17.1 Å². The van der Waals surface area contributed by atoms with Crippen molar-refractivity contribution >= 4 is 44.4 Å². The van der Waals surface area contributed by atoms with Gasteiger partial charge < -0.3 is 15.5 Å². The Morgan fingerprint density at radius 1 is 0.739 bits per heavy atom. The summed E-state index contributed by atoms with van der Waals surface area (Å²) in [7, 11) is 0. The molecule has 0 saturated heterocycles. The SMILES string of the molecule is Nc1ccc(Br)cc1N1CN(c2ccccc2)c2ccccc21. The molecule has 1 aliphatic heterocycles. The smallest absolute Gasteiger partial charge is 0.100 e. The Hall–Kier alpha value is -2.46. The summed E-state index contributed by atoms with van der Waals surface area (Å²) in [5.74, 6) is 0. The van der Waals surface area contributed by atoms with Crippen LogP contribution in [-0.4, -0.2) is 6.67 Å². The summed E-state index contributed by atoms with van der Waals surface area (Å²) in [4.78, 5) is 4.55. The summed E-state index contributed by atoms with van der Waals surface area (Å²) in [5.41, 5.74) is 11.6. The topological polar surface area (TPSA) is 32.5 Å². The molecule has 3 aromatic rings. The molecule has 1 heterocycles. The van der Waals surface area contributed by atoms with E-state index >= 15 is 0 Å². The Balaban J connectivity index is 1.83. The number of anilines is 5. The van der Waals surface area contributed by atoms with E-state index in [4.69, 9.17) is 5.73 Å². The van der Waals surface area contributed by atoms with E-state index in [1.807, 2.05) is 18.2 Å². The minimum atomic E-state index is 0.740. The minimum Gasteiger partial charge on any atom is -0.397 e. The van der Waals surface area contributed by atoms with E-state index in [1.54, 1.807) is 0 Å². The van der Waals surface area contributed by atoms with Crippen LogP contribution in [0.4, 0.5) is 28.4 Å². The second kappa shape index (κ2) is 5.63. The van der Waals surface area contributed by atoms with Gasteiger partial charge in [-0.15, -0.1) is 0 Å². The number of nitrogens with zero attached hydrogens (tertiary/aromatic N) is 2. The second-order valence-electron chi connectivity index (χ2n) is 5.52. The van der Waals surface area contributed by atoms with Gasteiger partial charge in [0.15, 0.2) is 0 Å². The Morgan fingerprint density at radius 2 is 1.39 bits per heavy atom. The number of benzene rings is 3. The highest BCUT2D eigenvalue weighted by Crippen LogP contribution is 2.45. The van der Waals surface area contributed by atoms with E-state index in [2.05, 4.69) is 80.3 Å². The standard InChI is InChI=1S/C19H16BrN3/c20-14-10-11-16(21)19(12-14)23-13-22(15-6-2-1-3-7-15)17-8-4-5-9-18(17)23/h1-12H,13,21H2. The maximum Gasteiger partial charge on any atom is 0.100 e. The number of halogens is 1. The van der Waals surface area contributed by atoms with Crippen LogP contribution in [0.1, 0.15) is 0 Å². The van der Waals surface area contributed by atoms with Gasteiger partial charge in [-0.25, -0.2) is 0 Å². The van der Waals surface area contributed by atoms with Gasteiger partial charge in [0.1, 0.15) is 6.67 Å². The summed E-state index contributed by atoms with van der Waals surface area (Å²) >= 11 is 3.55. The third kappa shape index (κ3) is 2.45. The Morgan fingerprint density at radius 3 is 2.13 bits per heavy atom. The normalized spacial score (nSPS) is 13.3. The molecule has 0 amide bonds. The number of fused-ring (bicyclic) bond motifs is 1. The molecule has 4 rings (SSSR count).